The molecule has 0 aliphatic rings. The molecule has 7 heteroatoms. The highest BCUT2D eigenvalue weighted by atomic mass is 19.3. The molecule has 0 bridgehead atoms. The summed E-state index contributed by atoms with van der Waals surface area (Å²) in [6.45, 7) is -1.14. The van der Waals surface area contributed by atoms with Gasteiger partial charge in [-0.25, -0.2) is 4.79 Å². The third-order valence-electron chi connectivity index (χ3n) is 3.28. The number of amides is 2. The van der Waals surface area contributed by atoms with Crippen LogP contribution in [0.25, 0.3) is 0 Å². The van der Waals surface area contributed by atoms with Crippen molar-refractivity contribution in [1.82, 2.24) is 5.32 Å². The normalized spacial score (nSPS) is 11.7. The minimum absolute atomic E-state index is 0.0479. The second-order valence-corrected chi connectivity index (χ2v) is 5.00. The number of nitrogens with one attached hydrogen (secondary N) is 2. The van der Waals surface area contributed by atoms with Crippen molar-refractivity contribution >= 4 is 11.7 Å². The molecule has 0 unspecified atom stereocenters. The van der Waals surface area contributed by atoms with Crippen LogP contribution < -0.4 is 20.1 Å². The number of halogens is 2. The number of methoxy groups -OCH3 is 1. The van der Waals surface area contributed by atoms with Gasteiger partial charge >= 0.3 is 12.6 Å². The maximum Gasteiger partial charge on any atom is 0.387 e. The topological polar surface area (TPSA) is 59.6 Å². The molecule has 2 aromatic carbocycles. The zero-order chi connectivity index (χ0) is 17.5. The molecule has 0 radical (unpaired) electrons. The fourth-order valence-corrected chi connectivity index (χ4v) is 2.08. The van der Waals surface area contributed by atoms with Crippen molar-refractivity contribution in [2.75, 3.05) is 12.4 Å². The van der Waals surface area contributed by atoms with E-state index in [-0.39, 0.29) is 11.8 Å². The van der Waals surface area contributed by atoms with E-state index < -0.39 is 12.6 Å². The number of hydrogen-bond donors (Lipinski definition) is 2. The highest BCUT2D eigenvalue weighted by molar-refractivity contribution is 5.89. The summed E-state index contributed by atoms with van der Waals surface area (Å²) in [6, 6.07) is 12.3. The van der Waals surface area contributed by atoms with Crippen LogP contribution in [0.4, 0.5) is 19.3 Å². The van der Waals surface area contributed by atoms with Crippen molar-refractivity contribution in [2.24, 2.45) is 0 Å². The highest BCUT2D eigenvalue weighted by Gasteiger charge is 2.12. The Balaban J connectivity index is 1.95. The van der Waals surface area contributed by atoms with Crippen molar-refractivity contribution in [3.63, 3.8) is 0 Å². The molecule has 2 amide bonds. The van der Waals surface area contributed by atoms with E-state index in [4.69, 9.17) is 4.74 Å². The Kier molecular flexibility index (Phi) is 5.95. The van der Waals surface area contributed by atoms with E-state index in [2.05, 4.69) is 15.4 Å². The molecule has 5 nitrogen and oxygen atoms in total. The summed E-state index contributed by atoms with van der Waals surface area (Å²) in [5.41, 5.74) is 1.26. The fourth-order valence-electron chi connectivity index (χ4n) is 2.08. The van der Waals surface area contributed by atoms with E-state index >= 15 is 0 Å². The lowest BCUT2D eigenvalue weighted by Crippen LogP contribution is -2.31. The molecular formula is C17H18F2N2O3. The van der Waals surface area contributed by atoms with Gasteiger partial charge in [-0.1, -0.05) is 12.1 Å². The molecule has 2 aromatic rings. The molecule has 1 atom stereocenters. The van der Waals surface area contributed by atoms with Crippen LogP contribution in [0.1, 0.15) is 18.5 Å². The van der Waals surface area contributed by atoms with Crippen molar-refractivity contribution in [3.8, 4) is 11.5 Å². The molecule has 2 N–H and O–H groups in total. The summed E-state index contributed by atoms with van der Waals surface area (Å²) >= 11 is 0. The van der Waals surface area contributed by atoms with Gasteiger partial charge in [0.15, 0.2) is 0 Å². The summed E-state index contributed by atoms with van der Waals surface area (Å²) < 4.78 is 33.9. The Hall–Kier alpha value is -2.83. The first kappa shape index (κ1) is 17.5. The van der Waals surface area contributed by atoms with E-state index in [1.165, 1.54) is 12.1 Å². The average molecular weight is 336 g/mol. The van der Waals surface area contributed by atoms with Crippen molar-refractivity contribution in [3.05, 3.63) is 54.1 Å². The van der Waals surface area contributed by atoms with Crippen LogP contribution >= 0.6 is 0 Å². The highest BCUT2D eigenvalue weighted by Crippen LogP contribution is 2.21. The zero-order valence-electron chi connectivity index (χ0n) is 13.3. The van der Waals surface area contributed by atoms with E-state index in [0.717, 1.165) is 0 Å². The van der Waals surface area contributed by atoms with Gasteiger partial charge in [0, 0.05) is 5.69 Å². The lowest BCUT2D eigenvalue weighted by molar-refractivity contribution is -0.0499. The van der Waals surface area contributed by atoms with E-state index in [0.29, 0.717) is 17.0 Å². The standard InChI is InChI=1S/C17H18F2N2O3/c1-11(12-4-3-5-15(10-12)24-16(18)19)20-17(22)21-13-6-8-14(23-2)9-7-13/h3-11,16H,1-2H3,(H2,20,21,22)/t11-/m0/s1. The predicted octanol–water partition coefficient (Wildman–Crippen LogP) is 4.18. The number of anilines is 1. The van der Waals surface area contributed by atoms with Gasteiger partial charge in [-0.2, -0.15) is 8.78 Å². The summed E-state index contributed by atoms with van der Waals surface area (Å²) in [4.78, 5) is 12.0. The summed E-state index contributed by atoms with van der Waals surface area (Å²) in [6.07, 6.45) is 0. The van der Waals surface area contributed by atoms with Crippen molar-refractivity contribution in [2.45, 2.75) is 19.6 Å². The van der Waals surface area contributed by atoms with Gasteiger partial charge in [0.25, 0.3) is 0 Å². The second kappa shape index (κ2) is 8.14. The minimum atomic E-state index is -2.89. The summed E-state index contributed by atoms with van der Waals surface area (Å²) in [5, 5.41) is 5.41. The Morgan fingerprint density at radius 1 is 1.08 bits per heavy atom. The van der Waals surface area contributed by atoms with Crippen LogP contribution in [0, 0.1) is 0 Å². The summed E-state index contributed by atoms with van der Waals surface area (Å²) in [7, 11) is 1.56. The first-order valence-corrected chi connectivity index (χ1v) is 7.24. The number of alkyl halides is 2. The molecule has 0 aromatic heterocycles. The van der Waals surface area contributed by atoms with Crippen molar-refractivity contribution < 1.29 is 23.0 Å². The van der Waals surface area contributed by atoms with Crippen LogP contribution in [0.15, 0.2) is 48.5 Å². The quantitative estimate of drug-likeness (QED) is 0.832. The van der Waals surface area contributed by atoms with Gasteiger partial charge < -0.3 is 20.1 Å². The molecular weight excluding hydrogens is 318 g/mol. The van der Waals surface area contributed by atoms with Gasteiger partial charge in [-0.15, -0.1) is 0 Å². The number of hydrogen-bond acceptors (Lipinski definition) is 3. The Bertz CT molecular complexity index is 678. The number of urea groups is 1. The molecule has 0 aliphatic heterocycles. The van der Waals surface area contributed by atoms with Crippen molar-refractivity contribution in [1.29, 1.82) is 0 Å². The molecule has 0 saturated carbocycles. The molecule has 0 aliphatic carbocycles. The van der Waals surface area contributed by atoms with Gasteiger partial charge in [-0.05, 0) is 48.9 Å². The van der Waals surface area contributed by atoms with E-state index in [1.807, 2.05) is 0 Å². The molecule has 2 rings (SSSR count). The first-order chi connectivity index (χ1) is 11.5. The van der Waals surface area contributed by atoms with Crippen LogP contribution in [-0.4, -0.2) is 19.8 Å². The smallest absolute Gasteiger partial charge is 0.387 e. The third-order valence-corrected chi connectivity index (χ3v) is 3.28. The maximum absolute atomic E-state index is 12.2. The molecule has 0 saturated heterocycles. The second-order valence-electron chi connectivity index (χ2n) is 5.00. The SMILES string of the molecule is COc1ccc(NC(=O)N[C@@H](C)c2cccc(OC(F)F)c2)cc1. The molecule has 0 heterocycles. The molecule has 0 spiro atoms. The van der Waals surface area contributed by atoms with Gasteiger partial charge in [0.05, 0.1) is 13.2 Å². The average Bonchev–Trinajstić information content (AvgIpc) is 2.55. The number of ether oxygens (including phenoxy) is 2. The maximum atomic E-state index is 12.2. The van der Waals surface area contributed by atoms with Crippen LogP contribution in [0.5, 0.6) is 11.5 Å². The van der Waals surface area contributed by atoms with Crippen LogP contribution in [0.2, 0.25) is 0 Å². The summed E-state index contributed by atoms with van der Waals surface area (Å²) in [5.74, 6) is 0.733. The Morgan fingerprint density at radius 2 is 1.79 bits per heavy atom. The Labute approximate surface area is 138 Å². The number of benzene rings is 2. The molecule has 0 fully saturated rings. The zero-order valence-corrected chi connectivity index (χ0v) is 13.3. The minimum Gasteiger partial charge on any atom is -0.497 e. The molecule has 128 valence electrons. The van der Waals surface area contributed by atoms with Gasteiger partial charge in [0.1, 0.15) is 11.5 Å². The van der Waals surface area contributed by atoms with Gasteiger partial charge in [0.2, 0.25) is 0 Å². The lowest BCUT2D eigenvalue weighted by Gasteiger charge is -2.16. The number of rotatable bonds is 6. The van der Waals surface area contributed by atoms with E-state index in [9.17, 15) is 13.6 Å². The first-order valence-electron chi connectivity index (χ1n) is 7.24. The van der Waals surface area contributed by atoms with Crippen LogP contribution in [0.3, 0.4) is 0 Å². The van der Waals surface area contributed by atoms with Crippen LogP contribution in [-0.2, 0) is 0 Å². The van der Waals surface area contributed by atoms with E-state index in [1.54, 1.807) is 50.4 Å². The Morgan fingerprint density at radius 3 is 2.42 bits per heavy atom. The lowest BCUT2D eigenvalue weighted by atomic mass is 10.1. The molecule has 24 heavy (non-hydrogen) atoms. The fraction of sp³-hybridized carbons (Fsp3) is 0.235. The number of carbonyl (C=O) groups excluding carboxylic acids is 1. The largest absolute Gasteiger partial charge is 0.497 e. The predicted molar refractivity (Wildman–Crippen MR) is 86.6 cm³/mol. The number of carbonyl (C=O) groups is 1. The monoisotopic (exact) mass is 336 g/mol. The van der Waals surface area contributed by atoms with Gasteiger partial charge in [-0.3, -0.25) is 0 Å². The third kappa shape index (κ3) is 5.12.